The maximum absolute atomic E-state index is 14.8. The molecular formula is C36H48N4O8. The molecule has 12 heteroatoms. The molecule has 3 saturated heterocycles. The number of allylic oxidation sites excluding steroid dienone is 1. The molecule has 1 aromatic rings. The number of hydrogen-bond donors (Lipinski definition) is 2. The van der Waals surface area contributed by atoms with E-state index in [1.165, 1.54) is 4.90 Å². The molecule has 0 saturated carbocycles. The summed E-state index contributed by atoms with van der Waals surface area (Å²) in [7, 11) is 0. The predicted molar refractivity (Wildman–Crippen MR) is 175 cm³/mol. The van der Waals surface area contributed by atoms with E-state index in [9.17, 15) is 24.3 Å². The molecule has 0 unspecified atom stereocenters. The topological polar surface area (TPSA) is 138 Å². The van der Waals surface area contributed by atoms with E-state index in [1.54, 1.807) is 30.1 Å². The summed E-state index contributed by atoms with van der Waals surface area (Å²) in [4.78, 5) is 62.2. The Bertz CT molecular complexity index is 1410. The number of aliphatic hydroxyl groups is 1. The molecule has 48 heavy (non-hydrogen) atoms. The van der Waals surface area contributed by atoms with Crippen molar-refractivity contribution in [2.24, 2.45) is 17.8 Å². The van der Waals surface area contributed by atoms with Gasteiger partial charge in [-0.1, -0.05) is 68.5 Å². The summed E-state index contributed by atoms with van der Waals surface area (Å²) < 4.78 is 18.6. The number of nitrogens with one attached hydrogen (secondary N) is 1. The summed E-state index contributed by atoms with van der Waals surface area (Å²) in [6, 6.07) is 6.89. The van der Waals surface area contributed by atoms with Crippen molar-refractivity contribution < 1.29 is 38.5 Å². The molecule has 2 N–H and O–H groups in total. The number of hydrogen-bond acceptors (Lipinski definition) is 9. The lowest BCUT2D eigenvalue weighted by Gasteiger charge is -2.40. The number of carbonyl (C=O) groups excluding carboxylic acids is 4. The standard InChI is InChI=1S/C36H48N4O8/c1-23(2)26(22-41)40-32-34(44)39(17-16-38-18-20-46-21-19-38)15-9-14-36(32)30(33(40)43)29-27(48-36)12-7-8-13-28(42)37-24(3)31(47-35(29)45)25-10-5-4-6-11-25/h4-7,9-12,14,23-24,26-27,29-32,41H,8,13,15-22H2,1-3H3,(H,37,42)/b12-7-/t24-,26-,27-,29+,30+,31+,32-,36+/m0/s1. The molecule has 6 rings (SSSR count). The summed E-state index contributed by atoms with van der Waals surface area (Å²) >= 11 is 0. The first-order chi connectivity index (χ1) is 23.2. The van der Waals surface area contributed by atoms with Gasteiger partial charge < -0.3 is 34.4 Å². The lowest BCUT2D eigenvalue weighted by Crippen LogP contribution is -2.59. The van der Waals surface area contributed by atoms with Gasteiger partial charge >= 0.3 is 5.97 Å². The Hall–Kier alpha value is -3.58. The number of fused-ring (bicyclic) bond motifs is 2. The highest BCUT2D eigenvalue weighted by Crippen LogP contribution is 2.54. The molecule has 0 bridgehead atoms. The molecule has 12 nitrogen and oxygen atoms in total. The fourth-order valence-electron chi connectivity index (χ4n) is 7.96. The lowest BCUT2D eigenvalue weighted by atomic mass is 9.77. The molecule has 1 aromatic carbocycles. The number of benzene rings is 1. The number of ether oxygens (including phenoxy) is 3. The van der Waals surface area contributed by atoms with Crippen LogP contribution in [0.15, 0.2) is 54.6 Å². The zero-order valence-electron chi connectivity index (χ0n) is 28.0. The fraction of sp³-hybridized carbons (Fsp3) is 0.611. The van der Waals surface area contributed by atoms with Crippen molar-refractivity contribution in [1.82, 2.24) is 20.0 Å². The maximum Gasteiger partial charge on any atom is 0.313 e. The van der Waals surface area contributed by atoms with Gasteiger partial charge in [-0.05, 0) is 24.8 Å². The van der Waals surface area contributed by atoms with E-state index < -0.39 is 59.6 Å². The number of rotatable bonds is 7. The Morgan fingerprint density at radius 2 is 1.77 bits per heavy atom. The first-order valence-electron chi connectivity index (χ1n) is 17.2. The SMILES string of the molecule is CC(C)[C@H](CO)N1C(=O)[C@H]2[C@@H]3C(=O)O[C@@H](c4ccccc4)[C@H](C)NC(=O)CC/C=C\[C@@H]3O[C@]23C=CCN(CCN2CCOCC2)C(=O)[C@H]13. The third-order valence-electron chi connectivity index (χ3n) is 10.5. The van der Waals surface area contributed by atoms with Crippen LogP contribution in [0.1, 0.15) is 45.3 Å². The minimum atomic E-state index is -1.47. The Kier molecular flexibility index (Phi) is 10.4. The number of aliphatic hydroxyl groups excluding tert-OH is 1. The summed E-state index contributed by atoms with van der Waals surface area (Å²) in [5.74, 6) is -3.82. The second-order valence-corrected chi connectivity index (χ2v) is 13.8. The molecule has 260 valence electrons. The Balaban J connectivity index is 1.40. The van der Waals surface area contributed by atoms with Gasteiger partial charge in [-0.25, -0.2) is 0 Å². The van der Waals surface area contributed by atoms with Crippen LogP contribution in [0.25, 0.3) is 0 Å². The van der Waals surface area contributed by atoms with Gasteiger partial charge in [0.2, 0.25) is 17.7 Å². The molecule has 3 fully saturated rings. The van der Waals surface area contributed by atoms with Crippen molar-refractivity contribution in [3.05, 3.63) is 60.2 Å². The number of likely N-dealkylation sites (tertiary alicyclic amines) is 1. The molecule has 5 heterocycles. The summed E-state index contributed by atoms with van der Waals surface area (Å²) in [5.41, 5.74) is -0.764. The molecule has 3 amide bonds. The lowest BCUT2D eigenvalue weighted by molar-refractivity contribution is -0.162. The van der Waals surface area contributed by atoms with E-state index in [2.05, 4.69) is 10.2 Å². The highest BCUT2D eigenvalue weighted by atomic mass is 16.6. The zero-order chi connectivity index (χ0) is 34.0. The highest BCUT2D eigenvalue weighted by Gasteiger charge is 2.72. The van der Waals surface area contributed by atoms with E-state index in [1.807, 2.05) is 50.3 Å². The van der Waals surface area contributed by atoms with Gasteiger partial charge in [0.1, 0.15) is 23.7 Å². The van der Waals surface area contributed by atoms with Crippen molar-refractivity contribution in [1.29, 1.82) is 0 Å². The van der Waals surface area contributed by atoms with Crippen LogP contribution < -0.4 is 5.32 Å². The minimum Gasteiger partial charge on any atom is -0.455 e. The molecular weight excluding hydrogens is 616 g/mol. The van der Waals surface area contributed by atoms with Crippen LogP contribution in [0, 0.1) is 17.8 Å². The van der Waals surface area contributed by atoms with Crippen molar-refractivity contribution in [2.45, 2.75) is 69.5 Å². The molecule has 5 aliphatic heterocycles. The number of esters is 1. The molecule has 5 aliphatic rings. The first kappa shape index (κ1) is 34.3. The van der Waals surface area contributed by atoms with Gasteiger partial charge in [0, 0.05) is 39.1 Å². The van der Waals surface area contributed by atoms with E-state index in [4.69, 9.17) is 14.2 Å². The largest absolute Gasteiger partial charge is 0.455 e. The average molecular weight is 665 g/mol. The van der Waals surface area contributed by atoms with Crippen LogP contribution in [-0.4, -0.2) is 126 Å². The summed E-state index contributed by atoms with van der Waals surface area (Å²) in [6.07, 6.45) is 6.11. The van der Waals surface area contributed by atoms with Crippen LogP contribution in [0.2, 0.25) is 0 Å². The van der Waals surface area contributed by atoms with Crippen molar-refractivity contribution >= 4 is 23.7 Å². The van der Waals surface area contributed by atoms with E-state index >= 15 is 0 Å². The van der Waals surface area contributed by atoms with E-state index in [-0.39, 0.29) is 30.8 Å². The van der Waals surface area contributed by atoms with Gasteiger partial charge in [-0.15, -0.1) is 0 Å². The number of nitrogens with zero attached hydrogens (tertiary/aromatic N) is 3. The smallest absolute Gasteiger partial charge is 0.313 e. The van der Waals surface area contributed by atoms with Crippen LogP contribution in [0.4, 0.5) is 0 Å². The quantitative estimate of drug-likeness (QED) is 0.328. The van der Waals surface area contributed by atoms with E-state index in [0.29, 0.717) is 44.8 Å². The van der Waals surface area contributed by atoms with Crippen LogP contribution >= 0.6 is 0 Å². The first-order valence-corrected chi connectivity index (χ1v) is 17.2. The Morgan fingerprint density at radius 3 is 2.48 bits per heavy atom. The number of carbonyl (C=O) groups is 4. The average Bonchev–Trinajstić information content (AvgIpc) is 3.46. The minimum absolute atomic E-state index is 0.173. The Morgan fingerprint density at radius 1 is 1.02 bits per heavy atom. The second-order valence-electron chi connectivity index (χ2n) is 13.8. The van der Waals surface area contributed by atoms with Gasteiger partial charge in [0.05, 0.1) is 43.9 Å². The summed E-state index contributed by atoms with van der Waals surface area (Å²) in [6.45, 7) is 9.51. The maximum atomic E-state index is 14.8. The molecule has 1 spiro atoms. The molecule has 8 atom stereocenters. The van der Waals surface area contributed by atoms with Gasteiger partial charge in [-0.2, -0.15) is 0 Å². The summed E-state index contributed by atoms with van der Waals surface area (Å²) in [5, 5.41) is 13.6. The molecule has 0 aliphatic carbocycles. The van der Waals surface area contributed by atoms with E-state index in [0.717, 1.165) is 13.1 Å². The number of amides is 3. The molecule has 0 aromatic heterocycles. The predicted octanol–water partition coefficient (Wildman–Crippen LogP) is 1.45. The highest BCUT2D eigenvalue weighted by molar-refractivity contribution is 5.99. The van der Waals surface area contributed by atoms with Gasteiger partial charge in [-0.3, -0.25) is 24.1 Å². The van der Waals surface area contributed by atoms with Gasteiger partial charge in [0.15, 0.2) is 0 Å². The fourth-order valence-corrected chi connectivity index (χ4v) is 7.96. The Labute approximate surface area is 282 Å². The van der Waals surface area contributed by atoms with Crippen molar-refractivity contribution in [3.8, 4) is 0 Å². The van der Waals surface area contributed by atoms with Crippen molar-refractivity contribution in [3.63, 3.8) is 0 Å². The third kappa shape index (κ3) is 6.43. The van der Waals surface area contributed by atoms with Crippen LogP contribution in [-0.2, 0) is 33.4 Å². The second kappa shape index (κ2) is 14.5. The van der Waals surface area contributed by atoms with Gasteiger partial charge in [0.25, 0.3) is 0 Å². The molecule has 0 radical (unpaired) electrons. The van der Waals surface area contributed by atoms with Crippen LogP contribution in [0.3, 0.4) is 0 Å². The van der Waals surface area contributed by atoms with Crippen LogP contribution in [0.5, 0.6) is 0 Å². The van der Waals surface area contributed by atoms with Crippen molar-refractivity contribution in [2.75, 3.05) is 52.5 Å². The number of morpholine rings is 1. The number of cyclic esters (lactones) is 1. The normalized spacial score (nSPS) is 34.4. The monoisotopic (exact) mass is 664 g/mol. The third-order valence-corrected chi connectivity index (χ3v) is 10.5. The zero-order valence-corrected chi connectivity index (χ0v) is 28.0.